The van der Waals surface area contributed by atoms with Crippen molar-refractivity contribution in [2.45, 2.75) is 38.6 Å². The Bertz CT molecular complexity index is 409. The molecule has 1 aliphatic heterocycles. The van der Waals surface area contributed by atoms with Gasteiger partial charge in [0.15, 0.2) is 0 Å². The summed E-state index contributed by atoms with van der Waals surface area (Å²) in [6.07, 6.45) is 0. The fourth-order valence-electron chi connectivity index (χ4n) is 2.18. The fourth-order valence-corrected chi connectivity index (χ4v) is 2.34. The van der Waals surface area contributed by atoms with E-state index in [0.717, 1.165) is 36.8 Å². The third-order valence-corrected chi connectivity index (χ3v) is 3.61. The van der Waals surface area contributed by atoms with E-state index in [1.54, 1.807) is 0 Å². The van der Waals surface area contributed by atoms with Crippen molar-refractivity contribution in [3.8, 4) is 0 Å². The van der Waals surface area contributed by atoms with Gasteiger partial charge in [-0.15, -0.1) is 11.6 Å². The normalized spacial score (nSPS) is 20.5. The summed E-state index contributed by atoms with van der Waals surface area (Å²) < 4.78 is 5.47. The summed E-state index contributed by atoms with van der Waals surface area (Å²) in [5.41, 5.74) is 2.26. The molecule has 1 aromatic rings. The van der Waals surface area contributed by atoms with E-state index in [-0.39, 0.29) is 0 Å². The number of nitrogens with zero attached hydrogens (tertiary/aromatic N) is 2. The van der Waals surface area contributed by atoms with Crippen LogP contribution in [0, 0.1) is 0 Å². The maximum atomic E-state index is 5.98. The Labute approximate surface area is 114 Å². The van der Waals surface area contributed by atoms with E-state index in [1.165, 1.54) is 0 Å². The molecule has 1 fully saturated rings. The van der Waals surface area contributed by atoms with Crippen LogP contribution >= 0.6 is 11.6 Å². The lowest BCUT2D eigenvalue weighted by molar-refractivity contribution is 0.0985. The number of pyridine rings is 1. The van der Waals surface area contributed by atoms with Crippen molar-refractivity contribution in [1.29, 1.82) is 0 Å². The third-order valence-electron chi connectivity index (χ3n) is 3.30. The topological polar surface area (TPSA) is 25.4 Å². The Morgan fingerprint density at radius 3 is 2.89 bits per heavy atom. The number of rotatable bonds is 3. The molecule has 3 nitrogen and oxygen atoms in total. The van der Waals surface area contributed by atoms with Crippen molar-refractivity contribution in [3.63, 3.8) is 0 Å². The van der Waals surface area contributed by atoms with Gasteiger partial charge in [0.05, 0.1) is 19.3 Å². The second-order valence-corrected chi connectivity index (χ2v) is 5.43. The van der Waals surface area contributed by atoms with Gasteiger partial charge in [0.25, 0.3) is 0 Å². The molecule has 1 aromatic heterocycles. The van der Waals surface area contributed by atoms with E-state index in [2.05, 4.69) is 37.8 Å². The quantitative estimate of drug-likeness (QED) is 0.788. The predicted molar refractivity (Wildman–Crippen MR) is 75.5 cm³/mol. The molecule has 0 saturated carbocycles. The van der Waals surface area contributed by atoms with E-state index in [1.807, 2.05) is 0 Å². The van der Waals surface area contributed by atoms with Crippen molar-refractivity contribution in [1.82, 2.24) is 4.98 Å². The van der Waals surface area contributed by atoms with E-state index >= 15 is 0 Å². The number of ether oxygens (including phenoxy) is 1. The summed E-state index contributed by atoms with van der Waals surface area (Å²) in [6.45, 7) is 8.93. The third kappa shape index (κ3) is 2.96. The van der Waals surface area contributed by atoms with Crippen LogP contribution in [0.1, 0.15) is 37.9 Å². The number of halogens is 1. The molecule has 0 spiro atoms. The van der Waals surface area contributed by atoms with Crippen LogP contribution in [0.15, 0.2) is 12.1 Å². The average molecular weight is 269 g/mol. The van der Waals surface area contributed by atoms with Crippen LogP contribution in [0.4, 0.5) is 5.82 Å². The number of morpholine rings is 1. The minimum absolute atomic E-state index is 0.372. The molecule has 1 atom stereocenters. The highest BCUT2D eigenvalue weighted by atomic mass is 35.5. The molecule has 18 heavy (non-hydrogen) atoms. The predicted octanol–water partition coefficient (Wildman–Crippen LogP) is 3.17. The summed E-state index contributed by atoms with van der Waals surface area (Å²) in [7, 11) is 0. The molecule has 0 N–H and O–H groups in total. The lowest BCUT2D eigenvalue weighted by Gasteiger charge is -2.34. The first-order valence-electron chi connectivity index (χ1n) is 6.53. The molecule has 0 amide bonds. The number of hydrogen-bond donors (Lipinski definition) is 0. The highest BCUT2D eigenvalue weighted by molar-refractivity contribution is 6.17. The highest BCUT2D eigenvalue weighted by Crippen LogP contribution is 2.23. The van der Waals surface area contributed by atoms with E-state index in [4.69, 9.17) is 21.3 Å². The smallest absolute Gasteiger partial charge is 0.129 e. The SMILES string of the molecule is CC(C)c1cc(CCl)cc(N2CCOCC2C)n1. The molecule has 1 saturated heterocycles. The van der Waals surface area contributed by atoms with Gasteiger partial charge in [-0.25, -0.2) is 4.98 Å². The van der Waals surface area contributed by atoms with Gasteiger partial charge in [-0.05, 0) is 30.5 Å². The Morgan fingerprint density at radius 2 is 2.28 bits per heavy atom. The van der Waals surface area contributed by atoms with Crippen molar-refractivity contribution < 1.29 is 4.74 Å². The van der Waals surface area contributed by atoms with E-state index < -0.39 is 0 Å². The molecule has 4 heteroatoms. The monoisotopic (exact) mass is 268 g/mol. The zero-order chi connectivity index (χ0) is 13.1. The first-order valence-corrected chi connectivity index (χ1v) is 7.06. The summed E-state index contributed by atoms with van der Waals surface area (Å²) in [5.74, 6) is 1.99. The Hall–Kier alpha value is -0.800. The van der Waals surface area contributed by atoms with Crippen LogP contribution in [-0.2, 0) is 10.6 Å². The molecule has 1 aliphatic rings. The van der Waals surface area contributed by atoms with Crippen LogP contribution in [0.3, 0.4) is 0 Å². The summed E-state index contributed by atoms with van der Waals surface area (Å²) in [4.78, 5) is 7.08. The van der Waals surface area contributed by atoms with Gasteiger partial charge in [-0.2, -0.15) is 0 Å². The molecule has 100 valence electrons. The molecule has 0 radical (unpaired) electrons. The van der Waals surface area contributed by atoms with Crippen molar-refractivity contribution in [2.75, 3.05) is 24.7 Å². The van der Waals surface area contributed by atoms with Crippen molar-refractivity contribution in [3.05, 3.63) is 23.4 Å². The van der Waals surface area contributed by atoms with Crippen LogP contribution in [0.25, 0.3) is 0 Å². The molecule has 2 rings (SSSR count). The number of anilines is 1. The molecular formula is C14H21ClN2O. The van der Waals surface area contributed by atoms with Gasteiger partial charge in [0.1, 0.15) is 5.82 Å². The number of hydrogen-bond acceptors (Lipinski definition) is 3. The molecule has 0 bridgehead atoms. The first kappa shape index (κ1) is 13.6. The zero-order valence-electron chi connectivity index (χ0n) is 11.3. The Morgan fingerprint density at radius 1 is 1.50 bits per heavy atom. The van der Waals surface area contributed by atoms with Crippen LogP contribution in [0.2, 0.25) is 0 Å². The molecule has 1 unspecified atom stereocenters. The lowest BCUT2D eigenvalue weighted by atomic mass is 10.1. The van der Waals surface area contributed by atoms with Gasteiger partial charge in [-0.1, -0.05) is 13.8 Å². The van der Waals surface area contributed by atoms with Crippen LogP contribution < -0.4 is 4.90 Å². The van der Waals surface area contributed by atoms with Gasteiger partial charge >= 0.3 is 0 Å². The average Bonchev–Trinajstić information content (AvgIpc) is 2.38. The van der Waals surface area contributed by atoms with Crippen molar-refractivity contribution in [2.24, 2.45) is 0 Å². The first-order chi connectivity index (χ1) is 8.61. The Kier molecular flexibility index (Phi) is 4.46. The van der Waals surface area contributed by atoms with Gasteiger partial charge in [0, 0.05) is 18.1 Å². The van der Waals surface area contributed by atoms with Crippen LogP contribution in [0.5, 0.6) is 0 Å². The lowest BCUT2D eigenvalue weighted by Crippen LogP contribution is -2.44. The molecule has 2 heterocycles. The van der Waals surface area contributed by atoms with Gasteiger partial charge in [-0.3, -0.25) is 0 Å². The standard InChI is InChI=1S/C14H21ClN2O/c1-10(2)13-6-12(8-15)7-14(16-13)17-4-5-18-9-11(17)3/h6-7,10-11H,4-5,8-9H2,1-3H3. The Balaban J connectivity index is 2.33. The summed E-state index contributed by atoms with van der Waals surface area (Å²) >= 11 is 5.98. The summed E-state index contributed by atoms with van der Waals surface area (Å²) in [5, 5.41) is 0. The maximum absolute atomic E-state index is 5.98. The minimum atomic E-state index is 0.372. The number of alkyl halides is 1. The fraction of sp³-hybridized carbons (Fsp3) is 0.643. The summed E-state index contributed by atoms with van der Waals surface area (Å²) in [6, 6.07) is 4.57. The largest absolute Gasteiger partial charge is 0.377 e. The molecule has 0 aromatic carbocycles. The molecule has 0 aliphatic carbocycles. The van der Waals surface area contributed by atoms with E-state index in [9.17, 15) is 0 Å². The number of aromatic nitrogens is 1. The van der Waals surface area contributed by atoms with Gasteiger partial charge < -0.3 is 9.64 Å². The second kappa shape index (κ2) is 5.89. The van der Waals surface area contributed by atoms with Gasteiger partial charge in [0.2, 0.25) is 0 Å². The zero-order valence-corrected chi connectivity index (χ0v) is 12.1. The highest BCUT2D eigenvalue weighted by Gasteiger charge is 2.21. The van der Waals surface area contributed by atoms with Crippen LogP contribution in [-0.4, -0.2) is 30.8 Å². The second-order valence-electron chi connectivity index (χ2n) is 5.16. The van der Waals surface area contributed by atoms with Crippen molar-refractivity contribution >= 4 is 17.4 Å². The maximum Gasteiger partial charge on any atom is 0.129 e. The van der Waals surface area contributed by atoms with E-state index in [0.29, 0.717) is 17.8 Å². The minimum Gasteiger partial charge on any atom is -0.377 e. The molecular weight excluding hydrogens is 248 g/mol.